The Morgan fingerprint density at radius 2 is 1.79 bits per heavy atom. The Bertz CT molecular complexity index is 1350. The number of benzene rings is 2. The third-order valence-electron chi connectivity index (χ3n) is 7.31. The van der Waals surface area contributed by atoms with Crippen LogP contribution in [0.15, 0.2) is 59.8 Å². The van der Waals surface area contributed by atoms with Crippen LogP contribution in [-0.2, 0) is 20.6 Å². The SMILES string of the molecule is CCCN(CC1CC1)C(=O)C1C(=O)N(c2cccc(C(F)(F)F)c2)C(C)=C(C(C)=O)C1c1ccc(C#N)cc1. The first-order valence-corrected chi connectivity index (χ1v) is 13.0. The third kappa shape index (κ3) is 5.75. The average Bonchev–Trinajstić information content (AvgIpc) is 3.71. The van der Waals surface area contributed by atoms with Crippen molar-refractivity contribution in [1.82, 2.24) is 4.90 Å². The van der Waals surface area contributed by atoms with Gasteiger partial charge in [-0.3, -0.25) is 19.3 Å². The van der Waals surface area contributed by atoms with Crippen LogP contribution in [-0.4, -0.2) is 35.6 Å². The Labute approximate surface area is 225 Å². The van der Waals surface area contributed by atoms with E-state index in [-0.39, 0.29) is 17.0 Å². The van der Waals surface area contributed by atoms with E-state index in [9.17, 15) is 32.8 Å². The number of carbonyl (C=O) groups excluding carboxylic acids is 3. The van der Waals surface area contributed by atoms with Crippen molar-refractivity contribution in [3.8, 4) is 6.07 Å². The normalized spacial score (nSPS) is 19.6. The molecular formula is C30H30F3N3O3. The van der Waals surface area contributed by atoms with Crippen molar-refractivity contribution in [2.45, 2.75) is 52.1 Å². The van der Waals surface area contributed by atoms with Gasteiger partial charge in [0.1, 0.15) is 5.92 Å². The third-order valence-corrected chi connectivity index (χ3v) is 7.31. The van der Waals surface area contributed by atoms with Gasteiger partial charge >= 0.3 is 6.18 Å². The van der Waals surface area contributed by atoms with Crippen LogP contribution < -0.4 is 4.90 Å². The first-order chi connectivity index (χ1) is 18.5. The summed E-state index contributed by atoms with van der Waals surface area (Å²) in [4.78, 5) is 44.2. The molecule has 2 unspecified atom stereocenters. The molecular weight excluding hydrogens is 507 g/mol. The fourth-order valence-corrected chi connectivity index (χ4v) is 5.32. The lowest BCUT2D eigenvalue weighted by molar-refractivity contribution is -0.142. The molecule has 1 fully saturated rings. The second kappa shape index (κ2) is 11.0. The van der Waals surface area contributed by atoms with Crippen LogP contribution in [0.2, 0.25) is 0 Å². The molecule has 0 spiro atoms. The van der Waals surface area contributed by atoms with E-state index in [1.165, 1.54) is 26.0 Å². The van der Waals surface area contributed by atoms with Gasteiger partial charge in [0.25, 0.3) is 0 Å². The van der Waals surface area contributed by atoms with Crippen LogP contribution in [0.1, 0.15) is 62.6 Å². The lowest BCUT2D eigenvalue weighted by atomic mass is 9.73. The summed E-state index contributed by atoms with van der Waals surface area (Å²) in [5.41, 5.74) is 0.236. The van der Waals surface area contributed by atoms with Gasteiger partial charge in [0.15, 0.2) is 5.78 Å². The zero-order valence-corrected chi connectivity index (χ0v) is 22.1. The van der Waals surface area contributed by atoms with Gasteiger partial charge in [-0.25, -0.2) is 0 Å². The number of hydrogen-bond acceptors (Lipinski definition) is 4. The van der Waals surface area contributed by atoms with Crippen molar-refractivity contribution < 1.29 is 27.6 Å². The van der Waals surface area contributed by atoms with Crippen LogP contribution >= 0.6 is 0 Å². The summed E-state index contributed by atoms with van der Waals surface area (Å²) in [7, 11) is 0. The van der Waals surface area contributed by atoms with Gasteiger partial charge in [-0.05, 0) is 74.9 Å². The van der Waals surface area contributed by atoms with E-state index < -0.39 is 41.2 Å². The van der Waals surface area contributed by atoms with Crippen LogP contribution in [0.3, 0.4) is 0 Å². The number of carbonyl (C=O) groups is 3. The number of halogens is 3. The van der Waals surface area contributed by atoms with Crippen molar-refractivity contribution in [2.75, 3.05) is 18.0 Å². The molecule has 1 aliphatic carbocycles. The molecule has 1 aliphatic heterocycles. The van der Waals surface area contributed by atoms with Gasteiger partial charge in [0.2, 0.25) is 11.8 Å². The maximum Gasteiger partial charge on any atom is 0.416 e. The summed E-state index contributed by atoms with van der Waals surface area (Å²) < 4.78 is 40.6. The number of alkyl halides is 3. The van der Waals surface area contributed by atoms with E-state index in [1.807, 2.05) is 13.0 Å². The minimum Gasteiger partial charge on any atom is -0.342 e. The van der Waals surface area contributed by atoms with Gasteiger partial charge in [-0.2, -0.15) is 18.4 Å². The summed E-state index contributed by atoms with van der Waals surface area (Å²) in [5, 5.41) is 9.25. The molecule has 204 valence electrons. The zero-order chi connectivity index (χ0) is 28.5. The molecule has 0 radical (unpaired) electrons. The van der Waals surface area contributed by atoms with Crippen LogP contribution in [0.5, 0.6) is 0 Å². The lowest BCUT2D eigenvalue weighted by Gasteiger charge is -2.41. The van der Waals surface area contributed by atoms with E-state index >= 15 is 0 Å². The van der Waals surface area contributed by atoms with Crippen molar-refractivity contribution >= 4 is 23.3 Å². The number of hydrogen-bond donors (Lipinski definition) is 0. The summed E-state index contributed by atoms with van der Waals surface area (Å²) in [5.74, 6) is -3.50. The van der Waals surface area contributed by atoms with Crippen molar-refractivity contribution in [3.05, 3.63) is 76.5 Å². The van der Waals surface area contributed by atoms with E-state index in [0.29, 0.717) is 36.6 Å². The highest BCUT2D eigenvalue weighted by molar-refractivity contribution is 6.15. The largest absolute Gasteiger partial charge is 0.416 e. The van der Waals surface area contributed by atoms with Crippen LogP contribution in [0.25, 0.3) is 0 Å². The second-order valence-electron chi connectivity index (χ2n) is 10.2. The number of Topliss-reactive ketones (excluding diaryl/α,β-unsaturated/α-hetero) is 1. The molecule has 2 atom stereocenters. The molecule has 1 saturated carbocycles. The molecule has 6 nitrogen and oxygen atoms in total. The van der Waals surface area contributed by atoms with Gasteiger partial charge < -0.3 is 4.90 Å². The number of anilines is 1. The molecule has 9 heteroatoms. The smallest absolute Gasteiger partial charge is 0.342 e. The molecule has 1 heterocycles. The first-order valence-electron chi connectivity index (χ1n) is 13.0. The van der Waals surface area contributed by atoms with Gasteiger partial charge in [-0.1, -0.05) is 25.1 Å². The molecule has 0 N–H and O–H groups in total. The minimum absolute atomic E-state index is 0.0635. The monoisotopic (exact) mass is 537 g/mol. The number of rotatable bonds is 8. The van der Waals surface area contributed by atoms with Gasteiger partial charge in [-0.15, -0.1) is 0 Å². The van der Waals surface area contributed by atoms with Crippen LogP contribution in [0, 0.1) is 23.2 Å². The topological polar surface area (TPSA) is 81.5 Å². The number of nitriles is 1. The van der Waals surface area contributed by atoms with Crippen molar-refractivity contribution in [3.63, 3.8) is 0 Å². The average molecular weight is 538 g/mol. The predicted octanol–water partition coefficient (Wildman–Crippen LogP) is 5.84. The maximum absolute atomic E-state index is 14.2. The second-order valence-corrected chi connectivity index (χ2v) is 10.2. The Hall–Kier alpha value is -3.93. The zero-order valence-electron chi connectivity index (χ0n) is 22.1. The summed E-state index contributed by atoms with van der Waals surface area (Å²) in [6, 6.07) is 12.7. The van der Waals surface area contributed by atoms with Crippen molar-refractivity contribution in [1.29, 1.82) is 5.26 Å². The molecule has 0 bridgehead atoms. The number of nitrogens with zero attached hydrogens (tertiary/aromatic N) is 3. The fraction of sp³-hybridized carbons (Fsp3) is 0.400. The Kier molecular flexibility index (Phi) is 7.96. The summed E-state index contributed by atoms with van der Waals surface area (Å²) in [6.07, 6.45) is -2.01. The van der Waals surface area contributed by atoms with E-state index in [4.69, 9.17) is 0 Å². The van der Waals surface area contributed by atoms with E-state index in [1.54, 1.807) is 29.2 Å². The molecule has 2 aromatic rings. The van der Waals surface area contributed by atoms with E-state index in [0.717, 1.165) is 29.9 Å². The Balaban J connectivity index is 1.92. The lowest BCUT2D eigenvalue weighted by Crippen LogP contribution is -2.52. The summed E-state index contributed by atoms with van der Waals surface area (Å²) in [6.45, 7) is 5.67. The molecule has 2 aliphatic rings. The molecule has 2 aromatic carbocycles. The fourth-order valence-electron chi connectivity index (χ4n) is 5.32. The standard InChI is InChI=1S/C30H30F3N3O3/c1-4-14-35(17-21-8-9-21)28(38)27-26(22-12-10-20(16-34)11-13-22)25(19(3)37)18(2)36(29(27)39)24-7-5-6-23(15-24)30(31,32)33/h5-7,10-13,15,21,26-27H,4,8-9,14,17H2,1-3H3. The number of amides is 2. The maximum atomic E-state index is 14.2. The molecule has 0 aromatic heterocycles. The molecule has 0 saturated heterocycles. The Morgan fingerprint density at radius 3 is 2.33 bits per heavy atom. The highest BCUT2D eigenvalue weighted by Crippen LogP contribution is 2.44. The van der Waals surface area contributed by atoms with Crippen molar-refractivity contribution in [2.24, 2.45) is 11.8 Å². The van der Waals surface area contributed by atoms with Crippen LogP contribution in [0.4, 0.5) is 18.9 Å². The minimum atomic E-state index is -4.64. The molecule has 4 rings (SSSR count). The predicted molar refractivity (Wildman–Crippen MR) is 139 cm³/mol. The molecule has 39 heavy (non-hydrogen) atoms. The quantitative estimate of drug-likeness (QED) is 0.397. The Morgan fingerprint density at radius 1 is 1.13 bits per heavy atom. The summed E-state index contributed by atoms with van der Waals surface area (Å²) >= 11 is 0. The number of ketones is 1. The highest BCUT2D eigenvalue weighted by Gasteiger charge is 2.49. The van der Waals surface area contributed by atoms with Gasteiger partial charge in [0.05, 0.1) is 17.2 Å². The molecule has 2 amide bonds. The van der Waals surface area contributed by atoms with Gasteiger partial charge in [0, 0.05) is 36.0 Å². The highest BCUT2D eigenvalue weighted by atomic mass is 19.4. The van der Waals surface area contributed by atoms with E-state index in [2.05, 4.69) is 0 Å². The number of allylic oxidation sites excluding steroid dienone is 2. The first kappa shape index (κ1) is 28.1.